The number of methoxy groups -OCH3 is 1. The molecule has 1 unspecified atom stereocenters. The number of benzene rings is 3. The normalized spacial score (nSPS) is 11.7. The molecule has 5 heteroatoms. The topological polar surface area (TPSA) is 75.6 Å². The molecule has 0 aromatic heterocycles. The number of hydrogen-bond donors (Lipinski definition) is 2. The lowest BCUT2D eigenvalue weighted by atomic mass is 10.0. The number of ether oxygens (including phenoxy) is 1. The van der Waals surface area contributed by atoms with Crippen molar-refractivity contribution in [3.8, 4) is 5.75 Å². The fourth-order valence-electron chi connectivity index (χ4n) is 2.81. The number of aromatic hydroxyl groups is 1. The second-order valence-corrected chi connectivity index (χ2v) is 5.99. The Hall–Kier alpha value is -3.34. The van der Waals surface area contributed by atoms with Gasteiger partial charge in [-0.15, -0.1) is 0 Å². The highest BCUT2D eigenvalue weighted by Crippen LogP contribution is 2.21. The molecular weight excluding hydrogens is 330 g/mol. The van der Waals surface area contributed by atoms with Crippen LogP contribution in [-0.4, -0.2) is 30.1 Å². The summed E-state index contributed by atoms with van der Waals surface area (Å²) in [5.74, 6) is -0.625. The Morgan fingerprint density at radius 1 is 1.00 bits per heavy atom. The van der Waals surface area contributed by atoms with E-state index in [1.54, 1.807) is 36.4 Å². The van der Waals surface area contributed by atoms with Crippen LogP contribution in [0.15, 0.2) is 66.7 Å². The van der Waals surface area contributed by atoms with Crippen LogP contribution in [0.1, 0.15) is 15.9 Å². The van der Waals surface area contributed by atoms with Gasteiger partial charge in [0.25, 0.3) is 5.91 Å². The fourth-order valence-corrected chi connectivity index (χ4v) is 2.81. The lowest BCUT2D eigenvalue weighted by Crippen LogP contribution is -2.43. The SMILES string of the molecule is COC(=O)C(Cc1ccc2cc(O)ccc2c1)NC(=O)c1ccccc1. The quantitative estimate of drug-likeness (QED) is 0.694. The molecule has 0 radical (unpaired) electrons. The first-order valence-electron chi connectivity index (χ1n) is 8.22. The first-order chi connectivity index (χ1) is 12.6. The molecule has 0 aliphatic carbocycles. The summed E-state index contributed by atoms with van der Waals surface area (Å²) in [7, 11) is 1.30. The first kappa shape index (κ1) is 17.5. The van der Waals surface area contributed by atoms with Gasteiger partial charge in [-0.05, 0) is 40.6 Å². The summed E-state index contributed by atoms with van der Waals surface area (Å²) in [5.41, 5.74) is 1.36. The van der Waals surface area contributed by atoms with E-state index in [1.165, 1.54) is 7.11 Å². The van der Waals surface area contributed by atoms with E-state index >= 15 is 0 Å². The minimum absolute atomic E-state index is 0.202. The van der Waals surface area contributed by atoms with Crippen molar-refractivity contribution in [3.05, 3.63) is 77.9 Å². The van der Waals surface area contributed by atoms with Crippen LogP contribution in [0.25, 0.3) is 10.8 Å². The Kier molecular flexibility index (Phi) is 5.17. The van der Waals surface area contributed by atoms with Crippen molar-refractivity contribution in [3.63, 3.8) is 0 Å². The van der Waals surface area contributed by atoms with Gasteiger partial charge in [0.2, 0.25) is 0 Å². The van der Waals surface area contributed by atoms with Crippen molar-refractivity contribution in [2.75, 3.05) is 7.11 Å². The molecule has 132 valence electrons. The van der Waals surface area contributed by atoms with Crippen molar-refractivity contribution in [1.82, 2.24) is 5.32 Å². The summed E-state index contributed by atoms with van der Waals surface area (Å²) in [6, 6.07) is 18.7. The number of carbonyl (C=O) groups excluding carboxylic acids is 2. The van der Waals surface area contributed by atoms with E-state index in [1.807, 2.05) is 30.3 Å². The molecule has 0 heterocycles. The zero-order chi connectivity index (χ0) is 18.5. The second kappa shape index (κ2) is 7.70. The predicted octanol–water partition coefficient (Wildman–Crippen LogP) is 3.06. The summed E-state index contributed by atoms with van der Waals surface area (Å²) in [6.07, 6.45) is 0.308. The Balaban J connectivity index is 1.81. The van der Waals surface area contributed by atoms with Crippen LogP contribution < -0.4 is 5.32 Å². The molecule has 0 aliphatic rings. The molecule has 0 spiro atoms. The smallest absolute Gasteiger partial charge is 0.328 e. The van der Waals surface area contributed by atoms with Crippen LogP contribution in [0, 0.1) is 0 Å². The number of amides is 1. The van der Waals surface area contributed by atoms with E-state index in [-0.39, 0.29) is 11.7 Å². The standard InChI is InChI=1S/C21H19NO4/c1-26-21(25)19(22-20(24)15-5-3-2-4-6-15)12-14-7-8-17-13-18(23)10-9-16(17)11-14/h2-11,13,19,23H,12H2,1H3,(H,22,24). The Bertz CT molecular complexity index is 937. The maximum absolute atomic E-state index is 12.4. The van der Waals surface area contributed by atoms with E-state index < -0.39 is 12.0 Å². The Morgan fingerprint density at radius 2 is 1.69 bits per heavy atom. The van der Waals surface area contributed by atoms with Gasteiger partial charge in [-0.3, -0.25) is 4.79 Å². The first-order valence-corrected chi connectivity index (χ1v) is 8.22. The predicted molar refractivity (Wildman–Crippen MR) is 99.0 cm³/mol. The van der Waals surface area contributed by atoms with Gasteiger partial charge in [0.15, 0.2) is 0 Å². The summed E-state index contributed by atoms with van der Waals surface area (Å²) < 4.78 is 4.84. The van der Waals surface area contributed by atoms with Crippen LogP contribution in [0.2, 0.25) is 0 Å². The van der Waals surface area contributed by atoms with Crippen LogP contribution in [0.4, 0.5) is 0 Å². The molecular formula is C21H19NO4. The van der Waals surface area contributed by atoms with Gasteiger partial charge >= 0.3 is 5.97 Å². The summed E-state index contributed by atoms with van der Waals surface area (Å²) in [6.45, 7) is 0. The fraction of sp³-hybridized carbons (Fsp3) is 0.143. The Labute approximate surface area is 151 Å². The molecule has 0 fully saturated rings. The van der Waals surface area contributed by atoms with Gasteiger partial charge < -0.3 is 15.2 Å². The third-order valence-corrected chi connectivity index (χ3v) is 4.16. The van der Waals surface area contributed by atoms with Gasteiger partial charge in [0.05, 0.1) is 7.11 Å². The van der Waals surface area contributed by atoms with Crippen molar-refractivity contribution in [1.29, 1.82) is 0 Å². The molecule has 5 nitrogen and oxygen atoms in total. The number of phenols is 1. The van der Waals surface area contributed by atoms with Crippen LogP contribution in [-0.2, 0) is 16.0 Å². The number of carbonyl (C=O) groups is 2. The number of esters is 1. The average molecular weight is 349 g/mol. The van der Waals surface area contributed by atoms with Gasteiger partial charge in [0, 0.05) is 12.0 Å². The van der Waals surface area contributed by atoms with E-state index in [9.17, 15) is 14.7 Å². The molecule has 3 aromatic rings. The summed E-state index contributed by atoms with van der Waals surface area (Å²) >= 11 is 0. The molecule has 2 N–H and O–H groups in total. The number of hydrogen-bond acceptors (Lipinski definition) is 4. The molecule has 0 saturated carbocycles. The van der Waals surface area contributed by atoms with E-state index in [0.29, 0.717) is 12.0 Å². The molecule has 3 aromatic carbocycles. The van der Waals surface area contributed by atoms with E-state index in [2.05, 4.69) is 5.32 Å². The van der Waals surface area contributed by atoms with Gasteiger partial charge in [-0.1, -0.05) is 42.5 Å². The van der Waals surface area contributed by atoms with E-state index in [0.717, 1.165) is 16.3 Å². The molecule has 0 aliphatic heterocycles. The molecule has 1 atom stereocenters. The molecule has 0 saturated heterocycles. The monoisotopic (exact) mass is 349 g/mol. The van der Waals surface area contributed by atoms with Crippen LogP contribution in [0.5, 0.6) is 5.75 Å². The van der Waals surface area contributed by atoms with Crippen molar-refractivity contribution < 1.29 is 19.4 Å². The highest BCUT2D eigenvalue weighted by Gasteiger charge is 2.22. The van der Waals surface area contributed by atoms with Crippen molar-refractivity contribution in [2.24, 2.45) is 0 Å². The molecule has 1 amide bonds. The minimum atomic E-state index is -0.790. The van der Waals surface area contributed by atoms with E-state index in [4.69, 9.17) is 4.74 Å². The number of phenolic OH excluding ortho intramolecular Hbond substituents is 1. The maximum Gasteiger partial charge on any atom is 0.328 e. The average Bonchev–Trinajstić information content (AvgIpc) is 2.67. The lowest BCUT2D eigenvalue weighted by molar-refractivity contribution is -0.142. The number of fused-ring (bicyclic) bond motifs is 1. The molecule has 26 heavy (non-hydrogen) atoms. The second-order valence-electron chi connectivity index (χ2n) is 5.99. The minimum Gasteiger partial charge on any atom is -0.508 e. The van der Waals surface area contributed by atoms with Crippen molar-refractivity contribution in [2.45, 2.75) is 12.5 Å². The summed E-state index contributed by atoms with van der Waals surface area (Å²) in [5, 5.41) is 14.1. The highest BCUT2D eigenvalue weighted by atomic mass is 16.5. The Morgan fingerprint density at radius 3 is 2.42 bits per heavy atom. The zero-order valence-electron chi connectivity index (χ0n) is 14.3. The number of rotatable bonds is 5. The van der Waals surface area contributed by atoms with Crippen molar-refractivity contribution >= 4 is 22.6 Å². The third kappa shape index (κ3) is 4.00. The van der Waals surface area contributed by atoms with Gasteiger partial charge in [-0.2, -0.15) is 0 Å². The van der Waals surface area contributed by atoms with Crippen LogP contribution in [0.3, 0.4) is 0 Å². The number of nitrogens with one attached hydrogen (secondary N) is 1. The lowest BCUT2D eigenvalue weighted by Gasteiger charge is -2.17. The van der Waals surface area contributed by atoms with Gasteiger partial charge in [0.1, 0.15) is 11.8 Å². The summed E-state index contributed by atoms with van der Waals surface area (Å²) in [4.78, 5) is 24.5. The maximum atomic E-state index is 12.4. The molecule has 3 rings (SSSR count). The third-order valence-electron chi connectivity index (χ3n) is 4.16. The van der Waals surface area contributed by atoms with Gasteiger partial charge in [-0.25, -0.2) is 4.79 Å². The van der Waals surface area contributed by atoms with Crippen LogP contribution >= 0.6 is 0 Å². The molecule has 0 bridgehead atoms. The zero-order valence-corrected chi connectivity index (χ0v) is 14.3. The highest BCUT2D eigenvalue weighted by molar-refractivity contribution is 5.96. The largest absolute Gasteiger partial charge is 0.508 e.